The van der Waals surface area contributed by atoms with Crippen LogP contribution in [0, 0.1) is 0 Å². The van der Waals surface area contributed by atoms with Gasteiger partial charge >= 0.3 is 5.97 Å². The van der Waals surface area contributed by atoms with Crippen LogP contribution in [-0.4, -0.2) is 22.9 Å². The fraction of sp³-hybridized carbons (Fsp3) is 0.333. The van der Waals surface area contributed by atoms with E-state index in [-0.39, 0.29) is 12.2 Å². The number of hydrogen-bond donors (Lipinski definition) is 2. The van der Waals surface area contributed by atoms with Crippen molar-refractivity contribution < 1.29 is 14.7 Å². The molecule has 0 heterocycles. The number of hydrogen-bond acceptors (Lipinski definition) is 3. The van der Waals surface area contributed by atoms with Crippen molar-refractivity contribution in [2.45, 2.75) is 25.8 Å². The quantitative estimate of drug-likeness (QED) is 0.733. The summed E-state index contributed by atoms with van der Waals surface area (Å²) in [5.74, 6) is -0.988. The first-order valence-electron chi connectivity index (χ1n) is 5.15. The molecule has 3 N–H and O–H groups in total. The van der Waals surface area contributed by atoms with Gasteiger partial charge in [-0.15, -0.1) is 0 Å². The first-order chi connectivity index (χ1) is 7.54. The Morgan fingerprint density at radius 3 is 2.69 bits per heavy atom. The Kier molecular flexibility index (Phi) is 4.19. The summed E-state index contributed by atoms with van der Waals surface area (Å²) in [7, 11) is 0. The molecule has 1 aromatic rings. The molecule has 0 unspecified atom stereocenters. The van der Waals surface area contributed by atoms with Crippen molar-refractivity contribution in [3.8, 4) is 0 Å². The van der Waals surface area contributed by atoms with E-state index in [1.807, 2.05) is 0 Å². The molecule has 0 fully saturated rings. The number of nitrogens with two attached hydrogens (primary N) is 1. The van der Waals surface area contributed by atoms with E-state index in [4.69, 9.17) is 10.8 Å². The molecule has 4 heteroatoms. The molecule has 0 aliphatic heterocycles. The number of Topliss-reactive ketones (excluding diaryl/α,β-unsaturated/α-hetero) is 1. The Morgan fingerprint density at radius 1 is 1.44 bits per heavy atom. The van der Waals surface area contributed by atoms with E-state index >= 15 is 0 Å². The minimum atomic E-state index is -1.03. The molecule has 86 valence electrons. The van der Waals surface area contributed by atoms with Gasteiger partial charge in [0, 0.05) is 12.0 Å². The number of carboxylic acid groups (broad SMARTS) is 1. The van der Waals surface area contributed by atoms with Gasteiger partial charge < -0.3 is 10.8 Å². The molecular formula is C12H15NO3. The van der Waals surface area contributed by atoms with Gasteiger partial charge in [-0.25, -0.2) is 0 Å². The number of ketones is 1. The van der Waals surface area contributed by atoms with E-state index in [9.17, 15) is 9.59 Å². The maximum absolute atomic E-state index is 11.4. The summed E-state index contributed by atoms with van der Waals surface area (Å²) < 4.78 is 0. The van der Waals surface area contributed by atoms with E-state index in [1.165, 1.54) is 0 Å². The monoisotopic (exact) mass is 221 g/mol. The molecular weight excluding hydrogens is 206 g/mol. The molecule has 0 saturated heterocycles. The average Bonchev–Trinajstić information content (AvgIpc) is 2.28. The summed E-state index contributed by atoms with van der Waals surface area (Å²) in [5, 5.41) is 8.68. The number of benzene rings is 1. The van der Waals surface area contributed by atoms with Gasteiger partial charge in [0.15, 0.2) is 5.78 Å². The normalized spacial score (nSPS) is 12.1. The minimum absolute atomic E-state index is 0.0470. The van der Waals surface area contributed by atoms with Crippen LogP contribution < -0.4 is 5.73 Å². The Bertz CT molecular complexity index is 401. The lowest BCUT2D eigenvalue weighted by Gasteiger charge is -2.07. The van der Waals surface area contributed by atoms with E-state index < -0.39 is 12.0 Å². The SMILES string of the molecule is CCC(=O)c1cccc(C[C@H](N)C(=O)O)c1. The van der Waals surface area contributed by atoms with Gasteiger partial charge in [-0.05, 0) is 18.1 Å². The molecule has 0 bridgehead atoms. The lowest BCUT2D eigenvalue weighted by Crippen LogP contribution is -2.32. The van der Waals surface area contributed by atoms with Crippen LogP contribution in [0.15, 0.2) is 24.3 Å². The summed E-state index contributed by atoms with van der Waals surface area (Å²) >= 11 is 0. The first-order valence-corrected chi connectivity index (χ1v) is 5.15. The van der Waals surface area contributed by atoms with Crippen molar-refractivity contribution in [1.29, 1.82) is 0 Å². The summed E-state index contributed by atoms with van der Waals surface area (Å²) in [6.07, 6.45) is 0.675. The molecule has 0 spiro atoms. The Morgan fingerprint density at radius 2 is 2.12 bits per heavy atom. The van der Waals surface area contributed by atoms with Gasteiger partial charge in [0.1, 0.15) is 6.04 Å². The number of carbonyl (C=O) groups excluding carboxylic acids is 1. The van der Waals surface area contributed by atoms with Crippen LogP contribution in [0.5, 0.6) is 0 Å². The third-order valence-electron chi connectivity index (χ3n) is 2.34. The first kappa shape index (κ1) is 12.4. The molecule has 0 aliphatic rings. The Balaban J connectivity index is 2.82. The van der Waals surface area contributed by atoms with Crippen LogP contribution in [-0.2, 0) is 11.2 Å². The summed E-state index contributed by atoms with van der Waals surface area (Å²) in [4.78, 5) is 22.0. The second-order valence-electron chi connectivity index (χ2n) is 3.63. The number of aliphatic carboxylic acids is 1. The highest BCUT2D eigenvalue weighted by molar-refractivity contribution is 5.96. The number of carboxylic acids is 1. The van der Waals surface area contributed by atoms with E-state index in [0.29, 0.717) is 12.0 Å². The molecule has 4 nitrogen and oxygen atoms in total. The van der Waals surface area contributed by atoms with Crippen molar-refractivity contribution in [1.82, 2.24) is 0 Å². The van der Waals surface area contributed by atoms with E-state index in [2.05, 4.69) is 0 Å². The van der Waals surface area contributed by atoms with Gasteiger partial charge in [0.2, 0.25) is 0 Å². The second kappa shape index (κ2) is 5.42. The smallest absolute Gasteiger partial charge is 0.320 e. The van der Waals surface area contributed by atoms with Crippen molar-refractivity contribution in [3.63, 3.8) is 0 Å². The largest absolute Gasteiger partial charge is 0.480 e. The second-order valence-corrected chi connectivity index (χ2v) is 3.63. The molecule has 0 aliphatic carbocycles. The molecule has 1 aromatic carbocycles. The molecule has 1 rings (SSSR count). The summed E-state index contributed by atoms with van der Waals surface area (Å²) in [6, 6.07) is 6.02. The Hall–Kier alpha value is -1.68. The van der Waals surface area contributed by atoms with Crippen molar-refractivity contribution in [3.05, 3.63) is 35.4 Å². The van der Waals surface area contributed by atoms with Crippen molar-refractivity contribution >= 4 is 11.8 Å². The van der Waals surface area contributed by atoms with Gasteiger partial charge in [0.25, 0.3) is 0 Å². The number of rotatable bonds is 5. The van der Waals surface area contributed by atoms with Gasteiger partial charge in [-0.3, -0.25) is 9.59 Å². The lowest BCUT2D eigenvalue weighted by molar-refractivity contribution is -0.138. The van der Waals surface area contributed by atoms with E-state index in [0.717, 1.165) is 5.56 Å². The molecule has 0 saturated carbocycles. The zero-order valence-corrected chi connectivity index (χ0v) is 9.14. The third kappa shape index (κ3) is 3.17. The van der Waals surface area contributed by atoms with Crippen molar-refractivity contribution in [2.24, 2.45) is 5.73 Å². The Labute approximate surface area is 94.1 Å². The van der Waals surface area contributed by atoms with Crippen LogP contribution in [0.1, 0.15) is 29.3 Å². The minimum Gasteiger partial charge on any atom is -0.480 e. The molecule has 0 aromatic heterocycles. The predicted octanol–water partition coefficient (Wildman–Crippen LogP) is 1.23. The fourth-order valence-electron chi connectivity index (χ4n) is 1.42. The zero-order chi connectivity index (χ0) is 12.1. The molecule has 0 amide bonds. The topological polar surface area (TPSA) is 80.4 Å². The number of carbonyl (C=O) groups is 2. The van der Waals surface area contributed by atoms with Gasteiger partial charge in [-0.1, -0.05) is 25.1 Å². The van der Waals surface area contributed by atoms with Crippen LogP contribution in [0.2, 0.25) is 0 Å². The van der Waals surface area contributed by atoms with Gasteiger partial charge in [0.05, 0.1) is 0 Å². The highest BCUT2D eigenvalue weighted by atomic mass is 16.4. The molecule has 1 atom stereocenters. The van der Waals surface area contributed by atoms with Gasteiger partial charge in [-0.2, -0.15) is 0 Å². The standard InChI is InChI=1S/C12H15NO3/c1-2-11(14)9-5-3-4-8(6-9)7-10(13)12(15)16/h3-6,10H,2,7,13H2,1H3,(H,15,16)/t10-/m0/s1. The summed E-state index contributed by atoms with van der Waals surface area (Å²) in [5.41, 5.74) is 6.80. The van der Waals surface area contributed by atoms with Crippen LogP contribution in [0.25, 0.3) is 0 Å². The fourth-order valence-corrected chi connectivity index (χ4v) is 1.42. The molecule has 0 radical (unpaired) electrons. The predicted molar refractivity (Wildman–Crippen MR) is 60.4 cm³/mol. The highest BCUT2D eigenvalue weighted by Crippen LogP contribution is 2.09. The summed E-state index contributed by atoms with van der Waals surface area (Å²) in [6.45, 7) is 1.79. The maximum atomic E-state index is 11.4. The molecule has 16 heavy (non-hydrogen) atoms. The van der Waals surface area contributed by atoms with Crippen LogP contribution in [0.4, 0.5) is 0 Å². The maximum Gasteiger partial charge on any atom is 0.320 e. The highest BCUT2D eigenvalue weighted by Gasteiger charge is 2.12. The van der Waals surface area contributed by atoms with Crippen molar-refractivity contribution in [2.75, 3.05) is 0 Å². The lowest BCUT2D eigenvalue weighted by atomic mass is 10.0. The van der Waals surface area contributed by atoms with Crippen LogP contribution in [0.3, 0.4) is 0 Å². The van der Waals surface area contributed by atoms with E-state index in [1.54, 1.807) is 31.2 Å². The average molecular weight is 221 g/mol. The van der Waals surface area contributed by atoms with Crippen LogP contribution >= 0.6 is 0 Å². The zero-order valence-electron chi connectivity index (χ0n) is 9.14. The third-order valence-corrected chi connectivity index (χ3v) is 2.34.